The number of methoxy groups -OCH3 is 1. The van der Waals surface area contributed by atoms with Gasteiger partial charge in [-0.2, -0.15) is 0 Å². The Morgan fingerprint density at radius 2 is 2.12 bits per heavy atom. The van der Waals surface area contributed by atoms with Crippen LogP contribution in [0.4, 0.5) is 4.39 Å². The van der Waals surface area contributed by atoms with Crippen molar-refractivity contribution < 1.29 is 9.13 Å². The van der Waals surface area contributed by atoms with Gasteiger partial charge in [-0.3, -0.25) is 0 Å². The van der Waals surface area contributed by atoms with Crippen molar-refractivity contribution in [1.82, 2.24) is 0 Å². The van der Waals surface area contributed by atoms with Crippen LogP contribution >= 0.6 is 0 Å². The van der Waals surface area contributed by atoms with Crippen LogP contribution in [0.5, 0.6) is 5.75 Å². The first-order valence-electron chi connectivity index (χ1n) is 5.48. The molecule has 0 saturated carbocycles. The van der Waals surface area contributed by atoms with Gasteiger partial charge in [0, 0.05) is 17.7 Å². The van der Waals surface area contributed by atoms with Crippen LogP contribution in [0, 0.1) is 5.82 Å². The summed E-state index contributed by atoms with van der Waals surface area (Å²) in [5, 5.41) is 0. The fourth-order valence-corrected chi connectivity index (χ4v) is 1.60. The fourth-order valence-electron chi connectivity index (χ4n) is 1.60. The zero-order valence-corrected chi connectivity index (χ0v) is 9.58. The number of unbranched alkanes of at least 4 members (excludes halogenated alkanes) is 1. The minimum Gasteiger partial charge on any atom is -0.497 e. The highest BCUT2D eigenvalue weighted by Gasteiger charge is 2.11. The Kier molecular flexibility index (Phi) is 5.22. The first-order chi connectivity index (χ1) is 7.69. The molecule has 0 amide bonds. The quantitative estimate of drug-likeness (QED) is 0.729. The van der Waals surface area contributed by atoms with Gasteiger partial charge in [-0.25, -0.2) is 4.39 Å². The van der Waals surface area contributed by atoms with Gasteiger partial charge in [-0.05, 0) is 25.5 Å². The Morgan fingerprint density at radius 3 is 2.69 bits per heavy atom. The molecule has 4 N–H and O–H groups in total. The molecule has 4 heteroatoms. The van der Waals surface area contributed by atoms with Crippen molar-refractivity contribution in [2.45, 2.75) is 25.3 Å². The lowest BCUT2D eigenvalue weighted by molar-refractivity contribution is 0.410. The molecule has 0 radical (unpaired) electrons. The van der Waals surface area contributed by atoms with Gasteiger partial charge in [-0.15, -0.1) is 0 Å². The molecular formula is C12H19FN2O. The smallest absolute Gasteiger partial charge is 0.131 e. The summed E-state index contributed by atoms with van der Waals surface area (Å²) in [7, 11) is 1.51. The largest absolute Gasteiger partial charge is 0.497 e. The number of hydrogen-bond acceptors (Lipinski definition) is 3. The Hall–Kier alpha value is -1.13. The standard InChI is InChI=1S/C12H19FN2O/c1-16-9-5-6-10(11(13)8-9)12(15)4-2-3-7-14/h5-6,8,12H,2-4,7,14-15H2,1H3/t12-/m0/s1. The summed E-state index contributed by atoms with van der Waals surface area (Å²) in [6.45, 7) is 0.651. The molecule has 0 heterocycles. The highest BCUT2D eigenvalue weighted by Crippen LogP contribution is 2.23. The van der Waals surface area contributed by atoms with E-state index in [-0.39, 0.29) is 11.9 Å². The zero-order valence-electron chi connectivity index (χ0n) is 9.58. The lowest BCUT2D eigenvalue weighted by Crippen LogP contribution is -2.12. The second kappa shape index (κ2) is 6.45. The molecule has 0 bridgehead atoms. The molecule has 1 rings (SSSR count). The molecule has 1 atom stereocenters. The average molecular weight is 226 g/mol. The number of benzene rings is 1. The van der Waals surface area contributed by atoms with E-state index in [1.165, 1.54) is 13.2 Å². The SMILES string of the molecule is COc1ccc([C@@H](N)CCCCN)c(F)c1. The summed E-state index contributed by atoms with van der Waals surface area (Å²) in [6.07, 6.45) is 2.59. The van der Waals surface area contributed by atoms with Crippen molar-refractivity contribution in [3.63, 3.8) is 0 Å². The van der Waals surface area contributed by atoms with Crippen LogP contribution in [0.15, 0.2) is 18.2 Å². The number of rotatable bonds is 6. The van der Waals surface area contributed by atoms with Gasteiger partial charge >= 0.3 is 0 Å². The van der Waals surface area contributed by atoms with E-state index in [0.29, 0.717) is 17.9 Å². The van der Waals surface area contributed by atoms with E-state index in [4.69, 9.17) is 16.2 Å². The van der Waals surface area contributed by atoms with Gasteiger partial charge in [-0.1, -0.05) is 12.5 Å². The van der Waals surface area contributed by atoms with E-state index in [2.05, 4.69) is 0 Å². The molecular weight excluding hydrogens is 207 g/mol. The molecule has 0 saturated heterocycles. The lowest BCUT2D eigenvalue weighted by atomic mass is 10.0. The summed E-state index contributed by atoms with van der Waals surface area (Å²) in [4.78, 5) is 0. The normalized spacial score (nSPS) is 12.5. The molecule has 0 unspecified atom stereocenters. The molecule has 0 aliphatic heterocycles. The van der Waals surface area contributed by atoms with Gasteiger partial charge in [0.2, 0.25) is 0 Å². The van der Waals surface area contributed by atoms with Crippen LogP contribution in [0.25, 0.3) is 0 Å². The molecule has 0 aromatic heterocycles. The molecule has 0 fully saturated rings. The van der Waals surface area contributed by atoms with Crippen molar-refractivity contribution >= 4 is 0 Å². The van der Waals surface area contributed by atoms with E-state index in [1.54, 1.807) is 12.1 Å². The van der Waals surface area contributed by atoms with Crippen LogP contribution in [0.1, 0.15) is 30.9 Å². The van der Waals surface area contributed by atoms with Crippen LogP contribution in [0.2, 0.25) is 0 Å². The highest BCUT2D eigenvalue weighted by atomic mass is 19.1. The Bertz CT molecular complexity index is 331. The Morgan fingerprint density at radius 1 is 1.38 bits per heavy atom. The van der Waals surface area contributed by atoms with Gasteiger partial charge in [0.05, 0.1) is 7.11 Å². The molecule has 90 valence electrons. The van der Waals surface area contributed by atoms with E-state index in [0.717, 1.165) is 19.3 Å². The van der Waals surface area contributed by atoms with Crippen LogP contribution in [-0.2, 0) is 0 Å². The third-order valence-electron chi connectivity index (χ3n) is 2.58. The Labute approximate surface area is 95.6 Å². The summed E-state index contributed by atoms with van der Waals surface area (Å²) in [5.74, 6) is 0.204. The lowest BCUT2D eigenvalue weighted by Gasteiger charge is -2.13. The molecule has 0 aliphatic rings. The summed E-state index contributed by atoms with van der Waals surface area (Å²) >= 11 is 0. The molecule has 1 aromatic rings. The van der Waals surface area contributed by atoms with E-state index >= 15 is 0 Å². The topological polar surface area (TPSA) is 61.3 Å². The maximum absolute atomic E-state index is 13.6. The predicted molar refractivity (Wildman–Crippen MR) is 62.8 cm³/mol. The van der Waals surface area contributed by atoms with Crippen LogP contribution < -0.4 is 16.2 Å². The number of nitrogens with two attached hydrogens (primary N) is 2. The van der Waals surface area contributed by atoms with Crippen LogP contribution in [0.3, 0.4) is 0 Å². The number of halogens is 1. The highest BCUT2D eigenvalue weighted by molar-refractivity contribution is 5.30. The van der Waals surface area contributed by atoms with Crippen molar-refractivity contribution in [3.8, 4) is 5.75 Å². The molecule has 1 aromatic carbocycles. The third-order valence-corrected chi connectivity index (χ3v) is 2.58. The minimum atomic E-state index is -0.306. The van der Waals surface area contributed by atoms with Crippen molar-refractivity contribution in [2.24, 2.45) is 11.5 Å². The van der Waals surface area contributed by atoms with Gasteiger partial charge in [0.25, 0.3) is 0 Å². The fraction of sp³-hybridized carbons (Fsp3) is 0.500. The van der Waals surface area contributed by atoms with Crippen molar-refractivity contribution in [3.05, 3.63) is 29.6 Å². The van der Waals surface area contributed by atoms with E-state index < -0.39 is 0 Å². The first kappa shape index (κ1) is 12.9. The Balaban J connectivity index is 2.64. The number of hydrogen-bond donors (Lipinski definition) is 2. The predicted octanol–water partition coefficient (Wildman–Crippen LogP) is 1.96. The second-order valence-electron chi connectivity index (χ2n) is 3.78. The monoisotopic (exact) mass is 226 g/mol. The van der Waals surface area contributed by atoms with Gasteiger partial charge in [0.15, 0.2) is 0 Å². The van der Waals surface area contributed by atoms with Crippen LogP contribution in [-0.4, -0.2) is 13.7 Å². The first-order valence-corrected chi connectivity index (χ1v) is 5.48. The molecule has 0 aliphatic carbocycles. The van der Waals surface area contributed by atoms with E-state index in [1.807, 2.05) is 0 Å². The minimum absolute atomic E-state index is 0.266. The van der Waals surface area contributed by atoms with Crippen molar-refractivity contribution in [1.29, 1.82) is 0 Å². The molecule has 3 nitrogen and oxygen atoms in total. The molecule has 16 heavy (non-hydrogen) atoms. The van der Waals surface area contributed by atoms with E-state index in [9.17, 15) is 4.39 Å². The zero-order chi connectivity index (χ0) is 12.0. The average Bonchev–Trinajstić information content (AvgIpc) is 2.29. The van der Waals surface area contributed by atoms with Gasteiger partial charge in [0.1, 0.15) is 11.6 Å². The van der Waals surface area contributed by atoms with Crippen molar-refractivity contribution in [2.75, 3.05) is 13.7 Å². The summed E-state index contributed by atoms with van der Waals surface area (Å²) in [5.41, 5.74) is 11.8. The summed E-state index contributed by atoms with van der Waals surface area (Å²) < 4.78 is 18.5. The second-order valence-corrected chi connectivity index (χ2v) is 3.78. The molecule has 0 spiro atoms. The van der Waals surface area contributed by atoms with Gasteiger partial charge < -0.3 is 16.2 Å². The number of ether oxygens (including phenoxy) is 1. The third kappa shape index (κ3) is 3.47. The summed E-state index contributed by atoms with van der Waals surface area (Å²) in [6, 6.07) is 4.50. The maximum Gasteiger partial charge on any atom is 0.131 e. The maximum atomic E-state index is 13.6.